The standard InChI is InChI=1S/C24H20ClN3O3S/c1-16-5-8-18(27-23(29)15-32-20-9-6-17(25)7-10-20)12-21(16)31-14-19-13-24(30)28-11-3-2-4-22(28)26-19/h2-13H,14-15H2,1H3,(H,27,29). The number of hydrogen-bond acceptors (Lipinski definition) is 5. The van der Waals surface area contributed by atoms with E-state index in [4.69, 9.17) is 16.3 Å². The van der Waals surface area contributed by atoms with Gasteiger partial charge in [0.2, 0.25) is 5.91 Å². The average Bonchev–Trinajstić information content (AvgIpc) is 2.79. The van der Waals surface area contributed by atoms with Crippen LogP contribution in [0.4, 0.5) is 5.69 Å². The third kappa shape index (κ3) is 5.49. The maximum absolute atomic E-state index is 12.3. The first-order valence-electron chi connectivity index (χ1n) is 9.87. The SMILES string of the molecule is Cc1ccc(NC(=O)CSc2ccc(Cl)cc2)cc1OCc1cc(=O)n2ccccc2n1. The number of benzene rings is 2. The molecule has 8 heteroatoms. The van der Waals surface area contributed by atoms with Crippen LogP contribution in [0.3, 0.4) is 0 Å². The van der Waals surface area contributed by atoms with Crippen LogP contribution in [0, 0.1) is 6.92 Å². The summed E-state index contributed by atoms with van der Waals surface area (Å²) < 4.78 is 7.39. The second kappa shape index (κ2) is 9.89. The quantitative estimate of drug-likeness (QED) is 0.390. The molecule has 0 aliphatic rings. The summed E-state index contributed by atoms with van der Waals surface area (Å²) in [6.45, 7) is 2.06. The molecule has 4 aromatic rings. The fourth-order valence-corrected chi connectivity index (χ4v) is 3.86. The van der Waals surface area contributed by atoms with E-state index in [1.54, 1.807) is 36.5 Å². The maximum atomic E-state index is 12.3. The topological polar surface area (TPSA) is 72.7 Å². The van der Waals surface area contributed by atoms with Crippen LogP contribution >= 0.6 is 23.4 Å². The molecule has 2 heterocycles. The van der Waals surface area contributed by atoms with Gasteiger partial charge in [-0.2, -0.15) is 0 Å². The number of rotatable bonds is 7. The normalized spacial score (nSPS) is 10.8. The van der Waals surface area contributed by atoms with Crippen molar-refractivity contribution in [3.63, 3.8) is 0 Å². The molecule has 0 saturated heterocycles. The molecule has 0 saturated carbocycles. The van der Waals surface area contributed by atoms with E-state index < -0.39 is 0 Å². The van der Waals surface area contributed by atoms with Gasteiger partial charge in [0.25, 0.3) is 5.56 Å². The number of anilines is 1. The third-order valence-corrected chi connectivity index (χ3v) is 5.92. The summed E-state index contributed by atoms with van der Waals surface area (Å²) in [5.41, 5.74) is 2.49. The molecule has 162 valence electrons. The van der Waals surface area contributed by atoms with Crippen molar-refractivity contribution in [2.24, 2.45) is 0 Å². The highest BCUT2D eigenvalue weighted by molar-refractivity contribution is 8.00. The lowest BCUT2D eigenvalue weighted by molar-refractivity contribution is -0.113. The van der Waals surface area contributed by atoms with Crippen molar-refractivity contribution in [2.45, 2.75) is 18.4 Å². The molecule has 0 bridgehead atoms. The maximum Gasteiger partial charge on any atom is 0.258 e. The molecule has 0 radical (unpaired) electrons. The minimum atomic E-state index is -0.162. The van der Waals surface area contributed by atoms with Crippen LogP contribution in [0.2, 0.25) is 5.02 Å². The lowest BCUT2D eigenvalue weighted by atomic mass is 10.2. The fraction of sp³-hybridized carbons (Fsp3) is 0.125. The predicted octanol–water partition coefficient (Wildman–Crippen LogP) is 4.97. The van der Waals surface area contributed by atoms with Gasteiger partial charge in [0.05, 0.1) is 11.4 Å². The van der Waals surface area contributed by atoms with E-state index in [-0.39, 0.29) is 23.8 Å². The van der Waals surface area contributed by atoms with E-state index >= 15 is 0 Å². The Labute approximate surface area is 194 Å². The van der Waals surface area contributed by atoms with Gasteiger partial charge in [-0.05, 0) is 55.0 Å². The molecule has 0 unspecified atom stereocenters. The molecule has 2 aromatic heterocycles. The van der Waals surface area contributed by atoms with Crippen molar-refractivity contribution in [3.05, 3.63) is 99.6 Å². The van der Waals surface area contributed by atoms with Gasteiger partial charge in [0.15, 0.2) is 0 Å². The van der Waals surface area contributed by atoms with Crippen molar-refractivity contribution in [1.29, 1.82) is 0 Å². The number of ether oxygens (including phenoxy) is 1. The summed E-state index contributed by atoms with van der Waals surface area (Å²) in [6.07, 6.45) is 1.68. The van der Waals surface area contributed by atoms with E-state index in [2.05, 4.69) is 10.3 Å². The van der Waals surface area contributed by atoms with Gasteiger partial charge in [-0.25, -0.2) is 4.98 Å². The third-order valence-electron chi connectivity index (χ3n) is 4.66. The highest BCUT2D eigenvalue weighted by Crippen LogP contribution is 2.25. The highest BCUT2D eigenvalue weighted by atomic mass is 35.5. The van der Waals surface area contributed by atoms with Crippen molar-refractivity contribution in [1.82, 2.24) is 9.38 Å². The molecule has 1 N–H and O–H groups in total. The number of pyridine rings is 1. The minimum Gasteiger partial charge on any atom is -0.487 e. The molecule has 0 aliphatic carbocycles. The number of carbonyl (C=O) groups excluding carboxylic acids is 1. The minimum absolute atomic E-state index is 0.121. The van der Waals surface area contributed by atoms with Gasteiger partial charge in [-0.1, -0.05) is 23.7 Å². The average molecular weight is 466 g/mol. The molecule has 2 aromatic carbocycles. The molecule has 4 rings (SSSR count). The van der Waals surface area contributed by atoms with Gasteiger partial charge in [-0.3, -0.25) is 14.0 Å². The number of hydrogen-bond donors (Lipinski definition) is 1. The molecule has 0 aliphatic heterocycles. The summed E-state index contributed by atoms with van der Waals surface area (Å²) in [4.78, 5) is 30.0. The van der Waals surface area contributed by atoms with Crippen LogP contribution in [0.1, 0.15) is 11.3 Å². The molecular weight excluding hydrogens is 446 g/mol. The number of fused-ring (bicyclic) bond motifs is 1. The summed E-state index contributed by atoms with van der Waals surface area (Å²) in [7, 11) is 0. The Hall–Kier alpha value is -3.29. The van der Waals surface area contributed by atoms with Crippen LogP contribution in [0.15, 0.2) is 82.6 Å². The molecule has 1 amide bonds. The summed E-state index contributed by atoms with van der Waals surface area (Å²) >= 11 is 7.32. The Kier molecular flexibility index (Phi) is 6.78. The first-order chi connectivity index (χ1) is 15.5. The van der Waals surface area contributed by atoms with Crippen LogP contribution in [-0.4, -0.2) is 21.0 Å². The molecule has 0 fully saturated rings. The lowest BCUT2D eigenvalue weighted by Gasteiger charge is -2.12. The second-order valence-electron chi connectivity index (χ2n) is 7.07. The van der Waals surface area contributed by atoms with Crippen LogP contribution < -0.4 is 15.6 Å². The second-order valence-corrected chi connectivity index (χ2v) is 8.56. The number of thioether (sulfide) groups is 1. The van der Waals surface area contributed by atoms with E-state index in [1.165, 1.54) is 22.2 Å². The number of aryl methyl sites for hydroxylation is 1. The summed E-state index contributed by atoms with van der Waals surface area (Å²) in [5, 5.41) is 3.55. The lowest BCUT2D eigenvalue weighted by Crippen LogP contribution is -2.16. The fourth-order valence-electron chi connectivity index (χ4n) is 3.04. The molecule has 32 heavy (non-hydrogen) atoms. The molecular formula is C24H20ClN3O3S. The molecule has 6 nitrogen and oxygen atoms in total. The van der Waals surface area contributed by atoms with Crippen LogP contribution in [-0.2, 0) is 11.4 Å². The Balaban J connectivity index is 1.39. The summed E-state index contributed by atoms with van der Waals surface area (Å²) in [5.74, 6) is 0.767. The zero-order valence-corrected chi connectivity index (χ0v) is 18.8. The monoisotopic (exact) mass is 465 g/mol. The van der Waals surface area contributed by atoms with Gasteiger partial charge < -0.3 is 10.1 Å². The van der Waals surface area contributed by atoms with E-state index in [9.17, 15) is 9.59 Å². The van der Waals surface area contributed by atoms with Crippen LogP contribution in [0.25, 0.3) is 5.65 Å². The highest BCUT2D eigenvalue weighted by Gasteiger charge is 2.08. The zero-order chi connectivity index (χ0) is 22.5. The smallest absolute Gasteiger partial charge is 0.258 e. The van der Waals surface area contributed by atoms with E-state index in [1.807, 2.05) is 37.3 Å². The Morgan fingerprint density at radius 1 is 1.12 bits per heavy atom. The van der Waals surface area contributed by atoms with Crippen molar-refractivity contribution < 1.29 is 9.53 Å². The first kappa shape index (κ1) is 21.9. The zero-order valence-electron chi connectivity index (χ0n) is 17.2. The van der Waals surface area contributed by atoms with Gasteiger partial charge in [0, 0.05) is 33.9 Å². The number of aromatic nitrogens is 2. The summed E-state index contributed by atoms with van der Waals surface area (Å²) in [6, 6.07) is 19.7. The van der Waals surface area contributed by atoms with Gasteiger partial charge in [0.1, 0.15) is 18.0 Å². The van der Waals surface area contributed by atoms with E-state index in [0.717, 1.165) is 10.5 Å². The van der Waals surface area contributed by atoms with Crippen molar-refractivity contribution in [3.8, 4) is 5.75 Å². The number of nitrogens with zero attached hydrogens (tertiary/aromatic N) is 2. The number of halogens is 1. The van der Waals surface area contributed by atoms with Gasteiger partial charge >= 0.3 is 0 Å². The Morgan fingerprint density at radius 3 is 2.75 bits per heavy atom. The number of nitrogens with one attached hydrogen (secondary N) is 1. The predicted molar refractivity (Wildman–Crippen MR) is 128 cm³/mol. The van der Waals surface area contributed by atoms with Crippen LogP contribution in [0.5, 0.6) is 5.75 Å². The molecule has 0 atom stereocenters. The van der Waals surface area contributed by atoms with Crippen molar-refractivity contribution in [2.75, 3.05) is 11.1 Å². The Morgan fingerprint density at radius 2 is 1.94 bits per heavy atom. The van der Waals surface area contributed by atoms with Gasteiger partial charge in [-0.15, -0.1) is 11.8 Å². The molecule has 0 spiro atoms. The largest absolute Gasteiger partial charge is 0.487 e. The Bertz CT molecular complexity index is 1320. The number of amides is 1. The van der Waals surface area contributed by atoms with Crippen molar-refractivity contribution >= 4 is 40.6 Å². The number of carbonyl (C=O) groups is 1. The van der Waals surface area contributed by atoms with E-state index in [0.29, 0.717) is 27.8 Å². The first-order valence-corrected chi connectivity index (χ1v) is 11.2.